The third kappa shape index (κ3) is 19.4. The number of hydrogen-bond donors (Lipinski definition) is 0. The molecule has 35 valence electrons. The fraction of sp³-hybridized carbons (Fsp3) is 0.500. The Kier molecular flexibility index (Phi) is 43.2. The Bertz CT molecular complexity index is 9.51. The molecule has 0 nitrogen and oxygen atoms in total. The van der Waals surface area contributed by atoms with Crippen molar-refractivity contribution < 1.29 is 17.1 Å². The minimum absolute atomic E-state index is 0. The molecule has 0 unspecified atom stereocenters. The first-order valence-corrected chi connectivity index (χ1v) is 1.41. The van der Waals surface area contributed by atoms with Crippen molar-refractivity contribution in [2.45, 2.75) is 12.8 Å². The first-order chi connectivity index (χ1) is 1.91. The van der Waals surface area contributed by atoms with E-state index < -0.39 is 0 Å². The zero-order chi connectivity index (χ0) is 3.41. The van der Waals surface area contributed by atoms with E-state index in [9.17, 15) is 0 Å². The molecule has 0 aromatic rings. The van der Waals surface area contributed by atoms with Crippen LogP contribution in [0, 0.1) is 13.8 Å². The first kappa shape index (κ1) is 15.7. The molecule has 0 heterocycles. The Morgan fingerprint density at radius 3 is 1.67 bits per heavy atom. The van der Waals surface area contributed by atoms with Crippen LogP contribution in [0.25, 0.3) is 0 Å². The Morgan fingerprint density at radius 1 is 1.50 bits per heavy atom. The van der Waals surface area contributed by atoms with Gasteiger partial charge in [-0.15, -0.1) is 0 Å². The van der Waals surface area contributed by atoms with Crippen molar-refractivity contribution in [2.75, 3.05) is 0 Å². The van der Waals surface area contributed by atoms with Gasteiger partial charge in [-0.3, -0.25) is 0 Å². The topological polar surface area (TPSA) is 0 Å². The van der Waals surface area contributed by atoms with Crippen molar-refractivity contribution in [2.24, 2.45) is 0 Å². The monoisotopic (exact) mass is 125 g/mol. The smallest absolute Gasteiger partial charge is 0.343 e. The predicted molar refractivity (Wildman–Crippen MR) is 24.6 cm³/mol. The summed E-state index contributed by atoms with van der Waals surface area (Å²) in [6, 6.07) is 0. The van der Waals surface area contributed by atoms with Crippen LogP contribution in [-0.2, 0) is 17.1 Å². The summed E-state index contributed by atoms with van der Waals surface area (Å²) in [5, 5.41) is 0. The van der Waals surface area contributed by atoms with E-state index in [-0.39, 0.29) is 35.9 Å². The fourth-order valence-electron chi connectivity index (χ4n) is 0. The number of unbranched alkanes of at least 4 members (excludes halogenated alkanes) is 1. The minimum atomic E-state index is 0. The van der Waals surface area contributed by atoms with Gasteiger partial charge in [-0.05, 0) is 6.92 Å². The average molecular weight is 126 g/mol. The van der Waals surface area contributed by atoms with Gasteiger partial charge in [-0.1, -0.05) is 6.42 Å². The van der Waals surface area contributed by atoms with Crippen LogP contribution >= 0.6 is 0 Å². The molecule has 0 saturated heterocycles. The first-order valence-electron chi connectivity index (χ1n) is 1.41. The molecule has 0 aliphatic carbocycles. The van der Waals surface area contributed by atoms with E-state index in [1.54, 1.807) is 0 Å². The van der Waals surface area contributed by atoms with Crippen LogP contribution in [0.3, 0.4) is 0 Å². The summed E-state index contributed by atoms with van der Waals surface area (Å²) in [7, 11) is 0. The molecule has 3 radical (unpaired) electrons. The predicted octanol–water partition coefficient (Wildman–Crippen LogP) is 0.928. The average Bonchev–Trinajstić information content (AvgIpc) is 1.37. The van der Waals surface area contributed by atoms with Crippen molar-refractivity contribution >= 4 is 18.9 Å². The van der Waals surface area contributed by atoms with Gasteiger partial charge in [0, 0.05) is 18.9 Å². The van der Waals surface area contributed by atoms with E-state index in [2.05, 4.69) is 6.92 Å². The zero-order valence-electron chi connectivity index (χ0n) is 4.00. The van der Waals surface area contributed by atoms with E-state index in [1.165, 1.54) is 0 Å². The molecule has 0 fully saturated rings. The molecule has 0 N–H and O–H groups in total. The van der Waals surface area contributed by atoms with E-state index in [0.717, 1.165) is 6.42 Å². The van der Waals surface area contributed by atoms with Gasteiger partial charge in [0.25, 0.3) is 0 Å². The fourth-order valence-corrected chi connectivity index (χ4v) is 0. The Balaban J connectivity index is -0.0000000450. The summed E-state index contributed by atoms with van der Waals surface area (Å²) in [6.07, 6.45) is 1.56. The van der Waals surface area contributed by atoms with E-state index in [4.69, 9.17) is 6.92 Å². The molecule has 6 heavy (non-hydrogen) atoms. The van der Waals surface area contributed by atoms with Crippen LogP contribution in [0.4, 0.5) is 0 Å². The molecule has 2 heteroatoms. The number of rotatable bonds is 1. The van der Waals surface area contributed by atoms with Gasteiger partial charge < -0.3 is 6.92 Å². The quantitative estimate of drug-likeness (QED) is 0.361. The van der Waals surface area contributed by atoms with Gasteiger partial charge >= 0.3 is 17.1 Å². The number of hydrogen-bond acceptors (Lipinski definition) is 0. The maximum absolute atomic E-state index is 4.97. The van der Waals surface area contributed by atoms with Gasteiger partial charge in [-0.2, -0.15) is 6.42 Å². The second-order valence-electron chi connectivity index (χ2n) is 0.642. The van der Waals surface area contributed by atoms with Gasteiger partial charge in [0.1, 0.15) is 0 Å². The summed E-state index contributed by atoms with van der Waals surface area (Å²) in [5.74, 6) is 0. The normalized spacial score (nSPS) is 5.00. The van der Waals surface area contributed by atoms with Crippen LogP contribution in [-0.4, -0.2) is 18.9 Å². The van der Waals surface area contributed by atoms with E-state index in [0.29, 0.717) is 6.42 Å². The summed E-state index contributed by atoms with van der Waals surface area (Å²) >= 11 is 0. The molecule has 0 bridgehead atoms. The van der Waals surface area contributed by atoms with E-state index in [1.807, 2.05) is 0 Å². The molecule has 0 rings (SSSR count). The SMILES string of the molecule is [CH]CC[CH2-].[Cu+].[Li]. The third-order valence-corrected chi connectivity index (χ3v) is 0.204. The van der Waals surface area contributed by atoms with Gasteiger partial charge in [0.2, 0.25) is 0 Å². The van der Waals surface area contributed by atoms with Crippen molar-refractivity contribution in [3.05, 3.63) is 13.8 Å². The minimum Gasteiger partial charge on any atom is -0.343 e. The summed E-state index contributed by atoms with van der Waals surface area (Å²) in [6.45, 7) is 8.44. The van der Waals surface area contributed by atoms with Gasteiger partial charge in [0.05, 0.1) is 0 Å². The summed E-state index contributed by atoms with van der Waals surface area (Å²) in [5.41, 5.74) is 0. The molecule has 0 atom stereocenters. The van der Waals surface area contributed by atoms with Crippen LogP contribution in [0.1, 0.15) is 12.8 Å². The standard InChI is InChI=1S/C4H7.Cu.Li/c1-3-4-2;;/h1H,2-4H2;;/q-1;+1;. The molecular weight excluding hydrogens is 119 g/mol. The van der Waals surface area contributed by atoms with Crippen molar-refractivity contribution in [3.63, 3.8) is 0 Å². The van der Waals surface area contributed by atoms with Crippen LogP contribution < -0.4 is 0 Å². The Morgan fingerprint density at radius 2 is 1.67 bits per heavy atom. The van der Waals surface area contributed by atoms with Crippen molar-refractivity contribution in [1.29, 1.82) is 0 Å². The molecule has 0 aliphatic rings. The molecule has 0 spiro atoms. The van der Waals surface area contributed by atoms with Gasteiger partial charge in [-0.25, -0.2) is 0 Å². The summed E-state index contributed by atoms with van der Waals surface area (Å²) in [4.78, 5) is 0. The van der Waals surface area contributed by atoms with Crippen LogP contribution in [0.5, 0.6) is 0 Å². The maximum atomic E-state index is 4.97. The van der Waals surface area contributed by atoms with Crippen LogP contribution in [0.15, 0.2) is 0 Å². The Hall–Kier alpha value is 1.12. The molecule has 0 saturated carbocycles. The van der Waals surface area contributed by atoms with Crippen molar-refractivity contribution in [3.8, 4) is 0 Å². The maximum Gasteiger partial charge on any atom is 1.00 e. The zero-order valence-corrected chi connectivity index (χ0v) is 4.94. The van der Waals surface area contributed by atoms with Crippen LogP contribution in [0.2, 0.25) is 0 Å². The molecule has 0 amide bonds. The molecule has 0 aromatic heterocycles. The largest absolute Gasteiger partial charge is 1.00 e. The van der Waals surface area contributed by atoms with Crippen molar-refractivity contribution in [1.82, 2.24) is 0 Å². The third-order valence-electron chi connectivity index (χ3n) is 0.204. The van der Waals surface area contributed by atoms with Gasteiger partial charge in [0.15, 0.2) is 0 Å². The molecule has 0 aliphatic heterocycles. The second kappa shape index (κ2) is 16.5. The molecule has 0 aromatic carbocycles. The van der Waals surface area contributed by atoms with E-state index >= 15 is 0 Å². The molecular formula is C4H7CuLi. The Labute approximate surface area is 62.7 Å². The summed E-state index contributed by atoms with van der Waals surface area (Å²) < 4.78 is 0. The second-order valence-corrected chi connectivity index (χ2v) is 0.642.